The molecule has 1 atom stereocenters. The summed E-state index contributed by atoms with van der Waals surface area (Å²) in [6.45, 7) is 8.53. The summed E-state index contributed by atoms with van der Waals surface area (Å²) >= 11 is 0. The van der Waals surface area contributed by atoms with Gasteiger partial charge in [0, 0.05) is 12.1 Å². The topological polar surface area (TPSA) is 96.0 Å². The lowest BCUT2D eigenvalue weighted by Crippen LogP contribution is -2.55. The predicted molar refractivity (Wildman–Crippen MR) is 139 cm³/mol. The molecule has 2 rings (SSSR count). The van der Waals surface area contributed by atoms with Crippen LogP contribution in [0.1, 0.15) is 45.2 Å². The maximum absolute atomic E-state index is 13.7. The second kappa shape index (κ2) is 11.7. The zero-order valence-corrected chi connectivity index (χ0v) is 22.8. The van der Waals surface area contributed by atoms with E-state index in [1.165, 1.54) is 36.3 Å². The lowest BCUT2D eigenvalue weighted by molar-refractivity contribution is -0.141. The number of hydrogen-bond acceptors (Lipinski definition) is 5. The molecule has 0 spiro atoms. The monoisotopic (exact) mass is 521 g/mol. The van der Waals surface area contributed by atoms with Crippen LogP contribution in [0.25, 0.3) is 0 Å². The molecule has 0 aromatic heterocycles. The van der Waals surface area contributed by atoms with E-state index in [0.29, 0.717) is 17.7 Å². The van der Waals surface area contributed by atoms with E-state index in [0.717, 1.165) is 16.1 Å². The van der Waals surface area contributed by atoms with E-state index >= 15 is 0 Å². The summed E-state index contributed by atoms with van der Waals surface area (Å²) in [7, 11) is -2.48. The molecule has 0 saturated carbocycles. The van der Waals surface area contributed by atoms with Gasteiger partial charge >= 0.3 is 0 Å². The number of methoxy groups -OCH3 is 1. The molecule has 8 nitrogen and oxygen atoms in total. The molecule has 2 aromatic rings. The van der Waals surface area contributed by atoms with Gasteiger partial charge in [0.05, 0.1) is 19.1 Å². The number of aryl methyl sites for hydroxylation is 1. The van der Waals surface area contributed by atoms with Gasteiger partial charge in [0.25, 0.3) is 0 Å². The minimum absolute atomic E-state index is 0.00224. The molecule has 0 aliphatic rings. The number of anilines is 1. The molecule has 10 heteroatoms. The molecular formula is C26H36FN3O5S. The van der Waals surface area contributed by atoms with Gasteiger partial charge in [-0.1, -0.05) is 25.1 Å². The van der Waals surface area contributed by atoms with E-state index < -0.39 is 39.9 Å². The molecule has 0 aliphatic carbocycles. The number of sulfonamides is 1. The number of hydrogen-bond donors (Lipinski definition) is 1. The summed E-state index contributed by atoms with van der Waals surface area (Å²) in [6.07, 6.45) is 1.30. The van der Waals surface area contributed by atoms with Gasteiger partial charge in [-0.2, -0.15) is 0 Å². The van der Waals surface area contributed by atoms with Crippen molar-refractivity contribution in [2.45, 2.75) is 59.2 Å². The Hall–Kier alpha value is -3.14. The number of halogens is 1. The Bertz CT molecular complexity index is 1180. The van der Waals surface area contributed by atoms with Gasteiger partial charge in [0.1, 0.15) is 24.2 Å². The van der Waals surface area contributed by atoms with E-state index in [2.05, 4.69) is 5.32 Å². The van der Waals surface area contributed by atoms with Gasteiger partial charge in [0.15, 0.2) is 0 Å². The van der Waals surface area contributed by atoms with Crippen LogP contribution >= 0.6 is 0 Å². The van der Waals surface area contributed by atoms with Crippen LogP contribution in [0.2, 0.25) is 0 Å². The van der Waals surface area contributed by atoms with Crippen molar-refractivity contribution in [2.24, 2.45) is 0 Å². The Morgan fingerprint density at radius 1 is 1.11 bits per heavy atom. The lowest BCUT2D eigenvalue weighted by atomic mass is 10.1. The standard InChI is InChI=1S/C26H36FN3O5S/c1-8-21(25(32)28-26(3,4)5)29(16-19-10-12-20(27)13-11-19)24(31)17-30(36(7,33)34)22-15-18(2)9-14-23(22)35-6/h9-15,21H,8,16-17H2,1-7H3,(H,28,32)/t21-/m0/s1. The number of rotatable bonds is 10. The number of nitrogens with one attached hydrogen (secondary N) is 1. The minimum atomic E-state index is -3.90. The predicted octanol–water partition coefficient (Wildman–Crippen LogP) is 3.63. The minimum Gasteiger partial charge on any atom is -0.495 e. The summed E-state index contributed by atoms with van der Waals surface area (Å²) in [4.78, 5) is 28.2. The molecule has 0 aliphatic heterocycles. The first-order chi connectivity index (χ1) is 16.7. The number of ether oxygens (including phenoxy) is 1. The molecule has 0 radical (unpaired) electrons. The highest BCUT2D eigenvalue weighted by Gasteiger charge is 2.33. The van der Waals surface area contributed by atoms with Crippen LogP contribution in [0.5, 0.6) is 5.75 Å². The highest BCUT2D eigenvalue weighted by molar-refractivity contribution is 7.92. The SMILES string of the molecule is CC[C@@H](C(=O)NC(C)(C)C)N(Cc1ccc(F)cc1)C(=O)CN(c1cc(C)ccc1OC)S(C)(=O)=O. The molecule has 0 saturated heterocycles. The van der Waals surface area contributed by atoms with Crippen LogP contribution in [-0.2, 0) is 26.2 Å². The Balaban J connectivity index is 2.52. The van der Waals surface area contributed by atoms with Crippen molar-refractivity contribution < 1.29 is 27.1 Å². The Morgan fingerprint density at radius 3 is 2.22 bits per heavy atom. The first-order valence-electron chi connectivity index (χ1n) is 11.6. The number of carbonyl (C=O) groups excluding carboxylic acids is 2. The fourth-order valence-corrected chi connectivity index (χ4v) is 4.59. The second-order valence-corrected chi connectivity index (χ2v) is 11.7. The van der Waals surface area contributed by atoms with Gasteiger partial charge < -0.3 is 15.0 Å². The smallest absolute Gasteiger partial charge is 0.244 e. The molecule has 198 valence electrons. The lowest BCUT2D eigenvalue weighted by Gasteiger charge is -2.34. The zero-order chi connectivity index (χ0) is 27.3. The maximum atomic E-state index is 13.7. The molecule has 0 heterocycles. The third kappa shape index (κ3) is 7.94. The molecule has 1 N–H and O–H groups in total. The molecule has 0 fully saturated rings. The fraction of sp³-hybridized carbons (Fsp3) is 0.462. The first-order valence-corrected chi connectivity index (χ1v) is 13.5. The van der Waals surface area contributed by atoms with Crippen molar-refractivity contribution in [3.63, 3.8) is 0 Å². The van der Waals surface area contributed by atoms with Crippen LogP contribution < -0.4 is 14.4 Å². The van der Waals surface area contributed by atoms with Gasteiger partial charge in [-0.25, -0.2) is 12.8 Å². The van der Waals surface area contributed by atoms with Gasteiger partial charge in [-0.3, -0.25) is 13.9 Å². The molecule has 36 heavy (non-hydrogen) atoms. The molecule has 2 aromatic carbocycles. The molecular weight excluding hydrogens is 485 g/mol. The van der Waals surface area contributed by atoms with E-state index in [1.807, 2.05) is 20.8 Å². The van der Waals surface area contributed by atoms with E-state index in [4.69, 9.17) is 4.74 Å². The third-order valence-electron chi connectivity index (χ3n) is 5.43. The summed E-state index contributed by atoms with van der Waals surface area (Å²) in [5, 5.41) is 2.90. The fourth-order valence-electron chi connectivity index (χ4n) is 3.75. The van der Waals surface area contributed by atoms with Crippen molar-refractivity contribution in [3.05, 3.63) is 59.4 Å². The van der Waals surface area contributed by atoms with E-state index in [1.54, 1.807) is 32.0 Å². The van der Waals surface area contributed by atoms with Crippen LogP contribution in [0.4, 0.5) is 10.1 Å². The van der Waals surface area contributed by atoms with Crippen molar-refractivity contribution in [1.29, 1.82) is 0 Å². The van der Waals surface area contributed by atoms with Gasteiger partial charge in [0.2, 0.25) is 21.8 Å². The second-order valence-electron chi connectivity index (χ2n) is 9.76. The van der Waals surface area contributed by atoms with E-state index in [9.17, 15) is 22.4 Å². The summed E-state index contributed by atoms with van der Waals surface area (Å²) in [5.41, 5.74) is 1.07. The van der Waals surface area contributed by atoms with Crippen LogP contribution in [0, 0.1) is 12.7 Å². The van der Waals surface area contributed by atoms with Gasteiger partial charge in [-0.15, -0.1) is 0 Å². The largest absolute Gasteiger partial charge is 0.495 e. The Kier molecular flexibility index (Phi) is 9.48. The third-order valence-corrected chi connectivity index (χ3v) is 6.56. The number of amides is 2. The number of nitrogens with zero attached hydrogens (tertiary/aromatic N) is 2. The van der Waals surface area contributed by atoms with Gasteiger partial charge in [-0.05, 0) is 69.5 Å². The maximum Gasteiger partial charge on any atom is 0.244 e. The normalized spacial score (nSPS) is 12.6. The van der Waals surface area contributed by atoms with Crippen LogP contribution in [-0.4, -0.2) is 56.6 Å². The van der Waals surface area contributed by atoms with Crippen LogP contribution in [0.3, 0.4) is 0 Å². The first kappa shape index (κ1) is 29.1. The quantitative estimate of drug-likeness (QED) is 0.515. The molecule has 2 amide bonds. The van der Waals surface area contributed by atoms with E-state index in [-0.39, 0.29) is 18.1 Å². The zero-order valence-electron chi connectivity index (χ0n) is 22.0. The summed E-state index contributed by atoms with van der Waals surface area (Å²) in [6, 6.07) is 9.77. The average molecular weight is 522 g/mol. The van der Waals surface area contributed by atoms with Crippen LogP contribution in [0.15, 0.2) is 42.5 Å². The highest BCUT2D eigenvalue weighted by Crippen LogP contribution is 2.31. The summed E-state index contributed by atoms with van der Waals surface area (Å²) < 4.78 is 45.4. The van der Waals surface area contributed by atoms with Crippen molar-refractivity contribution in [3.8, 4) is 5.75 Å². The highest BCUT2D eigenvalue weighted by atomic mass is 32.2. The summed E-state index contributed by atoms with van der Waals surface area (Å²) in [5.74, 6) is -1.07. The Labute approximate surface area is 213 Å². The van der Waals surface area contributed by atoms with Crippen molar-refractivity contribution >= 4 is 27.5 Å². The number of benzene rings is 2. The van der Waals surface area contributed by atoms with Crippen molar-refractivity contribution in [1.82, 2.24) is 10.2 Å². The molecule has 0 bridgehead atoms. The average Bonchev–Trinajstić information content (AvgIpc) is 2.76. The molecule has 0 unspecified atom stereocenters. The number of carbonyl (C=O) groups is 2. The van der Waals surface area contributed by atoms with Crippen molar-refractivity contribution in [2.75, 3.05) is 24.2 Å². The Morgan fingerprint density at radius 2 is 1.72 bits per heavy atom.